The maximum absolute atomic E-state index is 12.9. The highest BCUT2D eigenvalue weighted by atomic mass is 32.2. The van der Waals surface area contributed by atoms with Crippen molar-refractivity contribution in [2.75, 3.05) is 0 Å². The van der Waals surface area contributed by atoms with Crippen molar-refractivity contribution in [3.8, 4) is 102 Å². The van der Waals surface area contributed by atoms with Crippen LogP contribution in [0.2, 0.25) is 0 Å². The molecule has 1 N–H and O–H groups in total. The zero-order chi connectivity index (χ0) is 52.9. The molecule has 0 saturated carbocycles. The van der Waals surface area contributed by atoms with Crippen LogP contribution in [0.3, 0.4) is 0 Å². The van der Waals surface area contributed by atoms with Crippen molar-refractivity contribution < 1.29 is 30.9 Å². The fourth-order valence-corrected chi connectivity index (χ4v) is 9.17. The molecule has 0 spiro atoms. The van der Waals surface area contributed by atoms with Gasteiger partial charge in [0.25, 0.3) is 0 Å². The molecule has 14 heteroatoms. The topological polar surface area (TPSA) is 141 Å². The molecule has 77 heavy (non-hydrogen) atoms. The van der Waals surface area contributed by atoms with Crippen molar-refractivity contribution in [2.45, 2.75) is 5.51 Å². The van der Waals surface area contributed by atoms with Gasteiger partial charge >= 0.3 is 15.6 Å². The number of rotatable bonds is 10. The van der Waals surface area contributed by atoms with Crippen molar-refractivity contribution in [1.29, 1.82) is 0 Å². The lowest BCUT2D eigenvalue weighted by molar-refractivity contribution is -0.0500. The van der Waals surface area contributed by atoms with E-state index in [1.807, 2.05) is 188 Å². The SMILES string of the molecule is O=S(=O)(Oc1ccc2cccc(-c3ccc(-c4nc(-c5ccccc5)nc(-c5ccccc5)n4)cc3)c2c1)C(F)(F)F.Oc1ccc2cccc(-c3ccc(-c4nc(-c5ccccc5)nc(-c5ccccc5)n4)cc3)c2c1. The number of alkyl halides is 3. The van der Waals surface area contributed by atoms with Crippen LogP contribution in [0.1, 0.15) is 0 Å². The third-order valence-electron chi connectivity index (χ3n) is 12.5. The molecule has 0 radical (unpaired) electrons. The largest absolute Gasteiger partial charge is 0.534 e. The fraction of sp³-hybridized carbons (Fsp3) is 0.0159. The Labute approximate surface area is 440 Å². The van der Waals surface area contributed by atoms with Gasteiger partial charge in [0, 0.05) is 33.4 Å². The normalized spacial score (nSPS) is 11.5. The van der Waals surface area contributed by atoms with E-state index in [1.54, 1.807) is 18.2 Å². The second-order valence-electron chi connectivity index (χ2n) is 17.6. The number of fused-ring (bicyclic) bond motifs is 2. The number of phenols is 1. The van der Waals surface area contributed by atoms with Gasteiger partial charge in [0.2, 0.25) is 0 Å². The second-order valence-corrected chi connectivity index (χ2v) is 19.2. The first-order chi connectivity index (χ1) is 37.4. The molecule has 0 aliphatic rings. The van der Waals surface area contributed by atoms with Gasteiger partial charge in [0.1, 0.15) is 11.5 Å². The number of benzene rings is 10. The summed E-state index contributed by atoms with van der Waals surface area (Å²) in [4.78, 5) is 28.5. The van der Waals surface area contributed by atoms with Crippen LogP contribution in [-0.2, 0) is 10.1 Å². The molecule has 10 aromatic carbocycles. The molecule has 10 nitrogen and oxygen atoms in total. The summed E-state index contributed by atoms with van der Waals surface area (Å²) in [7, 11) is -5.80. The number of hydrogen-bond acceptors (Lipinski definition) is 10. The van der Waals surface area contributed by atoms with Crippen molar-refractivity contribution in [3.63, 3.8) is 0 Å². The molecule has 0 amide bonds. The number of aromatic hydroxyl groups is 1. The average Bonchev–Trinajstić information content (AvgIpc) is 3.50. The number of phenolic OH excluding ortho intramolecular Hbond substituents is 1. The predicted octanol–water partition coefficient (Wildman–Crippen LogP) is 15.3. The molecular formula is C63H41F3N6O4S. The van der Waals surface area contributed by atoms with Crippen molar-refractivity contribution in [2.24, 2.45) is 0 Å². The van der Waals surface area contributed by atoms with Gasteiger partial charge in [-0.05, 0) is 68.1 Å². The van der Waals surface area contributed by atoms with Gasteiger partial charge in [-0.3, -0.25) is 0 Å². The fourth-order valence-electron chi connectivity index (χ4n) is 8.71. The van der Waals surface area contributed by atoms with Gasteiger partial charge in [0.15, 0.2) is 34.9 Å². The highest BCUT2D eigenvalue weighted by Crippen LogP contribution is 2.36. The van der Waals surface area contributed by atoms with Gasteiger partial charge in [-0.1, -0.05) is 218 Å². The summed E-state index contributed by atoms with van der Waals surface area (Å²) in [6.45, 7) is 0. The van der Waals surface area contributed by atoms with E-state index < -0.39 is 21.4 Å². The molecule has 374 valence electrons. The third kappa shape index (κ3) is 10.9. The zero-order valence-corrected chi connectivity index (χ0v) is 41.3. The van der Waals surface area contributed by atoms with Gasteiger partial charge in [-0.2, -0.15) is 21.6 Å². The average molecular weight is 1040 g/mol. The van der Waals surface area contributed by atoms with E-state index in [-0.39, 0.29) is 5.75 Å². The minimum atomic E-state index is -5.80. The van der Waals surface area contributed by atoms with Crippen LogP contribution in [0.4, 0.5) is 13.2 Å². The molecule has 2 aromatic heterocycles. The van der Waals surface area contributed by atoms with Gasteiger partial charge in [0.05, 0.1) is 0 Å². The Balaban J connectivity index is 0.000000166. The summed E-state index contributed by atoms with van der Waals surface area (Å²) in [5.74, 6) is 3.26. The summed E-state index contributed by atoms with van der Waals surface area (Å²) in [6, 6.07) is 75.7. The van der Waals surface area contributed by atoms with E-state index in [4.69, 9.17) is 29.9 Å². The molecular weight excluding hydrogens is 994 g/mol. The summed E-state index contributed by atoms with van der Waals surface area (Å²) >= 11 is 0. The highest BCUT2D eigenvalue weighted by molar-refractivity contribution is 7.88. The van der Waals surface area contributed by atoms with E-state index in [0.717, 1.165) is 60.8 Å². The summed E-state index contributed by atoms with van der Waals surface area (Å²) in [5, 5.41) is 13.3. The first kappa shape index (κ1) is 49.3. The minimum Gasteiger partial charge on any atom is -0.508 e. The van der Waals surface area contributed by atoms with Crippen LogP contribution >= 0.6 is 0 Å². The second kappa shape index (κ2) is 21.1. The quantitative estimate of drug-likeness (QED) is 0.104. The van der Waals surface area contributed by atoms with Crippen molar-refractivity contribution >= 4 is 31.7 Å². The Morgan fingerprint density at radius 1 is 0.338 bits per heavy atom. The predicted molar refractivity (Wildman–Crippen MR) is 295 cm³/mol. The first-order valence-corrected chi connectivity index (χ1v) is 25.5. The molecule has 0 unspecified atom stereocenters. The lowest BCUT2D eigenvalue weighted by atomic mass is 9.97. The van der Waals surface area contributed by atoms with E-state index in [1.165, 1.54) is 18.2 Å². The van der Waals surface area contributed by atoms with Crippen molar-refractivity contribution in [3.05, 3.63) is 243 Å². The Bertz CT molecular complexity index is 4060. The number of aromatic nitrogens is 6. The number of hydrogen-bond donors (Lipinski definition) is 1. The summed E-state index contributed by atoms with van der Waals surface area (Å²) in [5.41, 5.74) is 3.24. The summed E-state index contributed by atoms with van der Waals surface area (Å²) < 4.78 is 66.1. The number of nitrogens with zero attached hydrogens (tertiary/aromatic N) is 6. The molecule has 0 aliphatic carbocycles. The maximum atomic E-state index is 12.9. The first-order valence-electron chi connectivity index (χ1n) is 24.1. The molecule has 12 aromatic rings. The zero-order valence-electron chi connectivity index (χ0n) is 40.5. The summed E-state index contributed by atoms with van der Waals surface area (Å²) in [6.07, 6.45) is 0. The van der Waals surface area contributed by atoms with E-state index >= 15 is 0 Å². The maximum Gasteiger partial charge on any atom is 0.534 e. The monoisotopic (exact) mass is 1030 g/mol. The van der Waals surface area contributed by atoms with Gasteiger partial charge < -0.3 is 9.29 Å². The van der Waals surface area contributed by atoms with Crippen LogP contribution in [-0.4, -0.2) is 48.9 Å². The van der Waals surface area contributed by atoms with E-state index in [0.29, 0.717) is 51.3 Å². The molecule has 0 fully saturated rings. The smallest absolute Gasteiger partial charge is 0.508 e. The van der Waals surface area contributed by atoms with Crippen LogP contribution in [0, 0.1) is 0 Å². The standard InChI is InChI=1S/C32H20F3N3O3S.C31H21N3O/c33-32(34,35)42(39,40)41-26-19-18-21-12-7-13-27(28(21)20-26)22-14-16-25(17-15-22)31-37-29(23-8-3-1-4-9-23)36-30(38-31)24-10-5-2-6-11-24;35-26-19-18-21-12-7-13-27(28(21)20-26)22-14-16-25(17-15-22)31-33-29(23-8-3-1-4-9-23)32-30(34-31)24-10-5-2-6-11-24/h1-20H;1-20,35H. The minimum absolute atomic E-state index is 0.258. The van der Waals surface area contributed by atoms with Gasteiger partial charge in [-0.25, -0.2) is 29.9 Å². The Morgan fingerprint density at radius 2 is 0.649 bits per heavy atom. The third-order valence-corrected chi connectivity index (χ3v) is 13.5. The molecule has 0 bridgehead atoms. The molecule has 0 atom stereocenters. The lowest BCUT2D eigenvalue weighted by Gasteiger charge is -2.12. The molecule has 12 rings (SSSR count). The Morgan fingerprint density at radius 3 is 1.00 bits per heavy atom. The van der Waals surface area contributed by atoms with Crippen LogP contribution in [0.15, 0.2) is 243 Å². The number of halogens is 3. The van der Waals surface area contributed by atoms with Crippen LogP contribution in [0.25, 0.3) is 112 Å². The molecule has 0 saturated heterocycles. The van der Waals surface area contributed by atoms with E-state index in [2.05, 4.69) is 22.4 Å². The van der Waals surface area contributed by atoms with Crippen LogP contribution < -0.4 is 4.18 Å². The molecule has 0 aliphatic heterocycles. The van der Waals surface area contributed by atoms with E-state index in [9.17, 15) is 26.7 Å². The Kier molecular flexibility index (Phi) is 13.5. The van der Waals surface area contributed by atoms with Crippen LogP contribution in [0.5, 0.6) is 11.5 Å². The molecule has 2 heterocycles. The highest BCUT2D eigenvalue weighted by Gasteiger charge is 2.48. The van der Waals surface area contributed by atoms with Gasteiger partial charge in [-0.15, -0.1) is 0 Å². The lowest BCUT2D eigenvalue weighted by Crippen LogP contribution is -2.28. The Hall–Kier alpha value is -9.92. The van der Waals surface area contributed by atoms with Crippen molar-refractivity contribution in [1.82, 2.24) is 29.9 Å².